The fraction of sp³-hybridized carbons (Fsp3) is 0.417. The first kappa shape index (κ1) is 14.9. The number of halogens is 3. The van der Waals surface area contributed by atoms with E-state index in [-0.39, 0.29) is 17.3 Å². The van der Waals surface area contributed by atoms with Crippen molar-refractivity contribution < 1.29 is 13.6 Å². The van der Waals surface area contributed by atoms with E-state index in [2.05, 4.69) is 5.32 Å². The number of nitrogens with two attached hydrogens (primary N) is 1. The highest BCUT2D eigenvalue weighted by Gasteiger charge is 2.30. The number of rotatable bonds is 4. The van der Waals surface area contributed by atoms with Crippen LogP contribution in [-0.2, 0) is 4.79 Å². The van der Waals surface area contributed by atoms with Gasteiger partial charge in [0.1, 0.15) is 5.82 Å². The van der Waals surface area contributed by atoms with Gasteiger partial charge in [-0.3, -0.25) is 4.79 Å². The van der Waals surface area contributed by atoms with Gasteiger partial charge in [0.2, 0.25) is 5.91 Å². The molecule has 0 fully saturated rings. The molecule has 0 saturated heterocycles. The number of carbonyl (C=O) groups excluding carboxylic acids is 1. The Kier molecular flexibility index (Phi) is 4.65. The first-order valence-corrected chi connectivity index (χ1v) is 5.88. The highest BCUT2D eigenvalue weighted by molar-refractivity contribution is 6.33. The highest BCUT2D eigenvalue weighted by atomic mass is 35.5. The number of nitrogens with one attached hydrogen (secondary N) is 1. The second-order valence-electron chi connectivity index (χ2n) is 4.32. The Morgan fingerprint density at radius 2 is 2.11 bits per heavy atom. The van der Waals surface area contributed by atoms with Crippen LogP contribution in [0.3, 0.4) is 0 Å². The van der Waals surface area contributed by atoms with Crippen molar-refractivity contribution in [3.63, 3.8) is 0 Å². The Hall–Kier alpha value is -1.20. The Bertz CT molecular complexity index is 438. The van der Waals surface area contributed by atoms with Gasteiger partial charge in [-0.25, -0.2) is 8.78 Å². The van der Waals surface area contributed by atoms with Crippen molar-refractivity contribution in [2.75, 3.05) is 11.9 Å². The van der Waals surface area contributed by atoms with Gasteiger partial charge in [-0.2, -0.15) is 0 Å². The van der Waals surface area contributed by atoms with E-state index >= 15 is 0 Å². The predicted molar refractivity (Wildman–Crippen MR) is 67.5 cm³/mol. The smallest absolute Gasteiger partial charge is 0.231 e. The molecule has 18 heavy (non-hydrogen) atoms. The second kappa shape index (κ2) is 5.63. The molecule has 1 aromatic carbocycles. The SMILES string of the molecule is CCC(C)(CN)C(=O)Nc1c(F)cc(F)cc1Cl. The lowest BCUT2D eigenvalue weighted by Crippen LogP contribution is -2.39. The van der Waals surface area contributed by atoms with Crippen LogP contribution in [0.2, 0.25) is 5.02 Å². The largest absolute Gasteiger partial charge is 0.329 e. The van der Waals surface area contributed by atoms with Gasteiger partial charge in [0.05, 0.1) is 16.1 Å². The normalized spacial score (nSPS) is 14.1. The molecule has 0 bridgehead atoms. The fourth-order valence-electron chi connectivity index (χ4n) is 1.32. The number of amides is 1. The monoisotopic (exact) mass is 276 g/mol. The van der Waals surface area contributed by atoms with Crippen molar-refractivity contribution in [3.05, 3.63) is 28.8 Å². The van der Waals surface area contributed by atoms with Crippen molar-refractivity contribution >= 4 is 23.2 Å². The molecule has 3 N–H and O–H groups in total. The quantitative estimate of drug-likeness (QED) is 0.888. The molecule has 0 aliphatic heterocycles. The molecular formula is C12H15ClF2N2O. The second-order valence-corrected chi connectivity index (χ2v) is 4.72. The van der Waals surface area contributed by atoms with Gasteiger partial charge >= 0.3 is 0 Å². The van der Waals surface area contributed by atoms with E-state index in [4.69, 9.17) is 17.3 Å². The summed E-state index contributed by atoms with van der Waals surface area (Å²) in [6.45, 7) is 3.59. The lowest BCUT2D eigenvalue weighted by molar-refractivity contribution is -0.124. The van der Waals surface area contributed by atoms with E-state index in [1.165, 1.54) is 0 Å². The third-order valence-corrected chi connectivity index (χ3v) is 3.32. The van der Waals surface area contributed by atoms with Crippen LogP contribution in [0.5, 0.6) is 0 Å². The summed E-state index contributed by atoms with van der Waals surface area (Å²) in [5.41, 5.74) is 4.48. The zero-order valence-electron chi connectivity index (χ0n) is 10.2. The van der Waals surface area contributed by atoms with Crippen molar-refractivity contribution in [1.29, 1.82) is 0 Å². The molecule has 1 unspecified atom stereocenters. The molecule has 0 radical (unpaired) electrons. The fourth-order valence-corrected chi connectivity index (χ4v) is 1.57. The van der Waals surface area contributed by atoms with E-state index in [9.17, 15) is 13.6 Å². The zero-order chi connectivity index (χ0) is 13.9. The summed E-state index contributed by atoms with van der Waals surface area (Å²) in [4.78, 5) is 12.0. The van der Waals surface area contributed by atoms with Crippen LogP contribution >= 0.6 is 11.6 Å². The zero-order valence-corrected chi connectivity index (χ0v) is 10.9. The lowest BCUT2D eigenvalue weighted by atomic mass is 9.86. The maximum absolute atomic E-state index is 13.5. The van der Waals surface area contributed by atoms with Gasteiger partial charge in [-0.05, 0) is 19.4 Å². The van der Waals surface area contributed by atoms with Crippen molar-refractivity contribution in [3.8, 4) is 0 Å². The summed E-state index contributed by atoms with van der Waals surface area (Å²) in [5.74, 6) is -2.16. The molecule has 1 aromatic rings. The first-order chi connectivity index (χ1) is 8.34. The molecule has 6 heteroatoms. The van der Waals surface area contributed by atoms with E-state index < -0.39 is 23.0 Å². The lowest BCUT2D eigenvalue weighted by Gasteiger charge is -2.25. The molecule has 0 saturated carbocycles. The Morgan fingerprint density at radius 1 is 1.50 bits per heavy atom. The van der Waals surface area contributed by atoms with Gasteiger partial charge < -0.3 is 11.1 Å². The Balaban J connectivity index is 3.02. The molecule has 3 nitrogen and oxygen atoms in total. The maximum atomic E-state index is 13.5. The van der Waals surface area contributed by atoms with Gasteiger partial charge in [-0.1, -0.05) is 18.5 Å². The van der Waals surface area contributed by atoms with E-state index in [1.54, 1.807) is 13.8 Å². The standard InChI is InChI=1S/C12H15ClF2N2O/c1-3-12(2,6-16)11(18)17-10-8(13)4-7(14)5-9(10)15/h4-5H,3,6,16H2,1-2H3,(H,17,18). The average Bonchev–Trinajstić information content (AvgIpc) is 2.32. The summed E-state index contributed by atoms with van der Waals surface area (Å²) in [6, 6.07) is 1.60. The number of carbonyl (C=O) groups is 1. The molecule has 0 heterocycles. The third-order valence-electron chi connectivity index (χ3n) is 3.02. The van der Waals surface area contributed by atoms with Gasteiger partial charge in [0.25, 0.3) is 0 Å². The highest BCUT2D eigenvalue weighted by Crippen LogP contribution is 2.29. The van der Waals surface area contributed by atoms with E-state index in [1.807, 2.05) is 0 Å². The molecule has 0 spiro atoms. The summed E-state index contributed by atoms with van der Waals surface area (Å²) < 4.78 is 26.4. The van der Waals surface area contributed by atoms with Crippen LogP contribution in [0.4, 0.5) is 14.5 Å². The third kappa shape index (κ3) is 2.97. The number of hydrogen-bond acceptors (Lipinski definition) is 2. The van der Waals surface area contributed by atoms with E-state index in [0.29, 0.717) is 12.5 Å². The summed E-state index contributed by atoms with van der Waals surface area (Å²) in [5, 5.41) is 2.17. The van der Waals surface area contributed by atoms with Gasteiger partial charge in [-0.15, -0.1) is 0 Å². The van der Waals surface area contributed by atoms with Crippen LogP contribution in [0, 0.1) is 17.0 Å². The molecule has 0 aromatic heterocycles. The van der Waals surface area contributed by atoms with E-state index in [0.717, 1.165) is 6.07 Å². The number of anilines is 1. The molecule has 0 aliphatic rings. The summed E-state index contributed by atoms with van der Waals surface area (Å²) in [6.07, 6.45) is 0.496. The molecule has 1 atom stereocenters. The molecule has 0 aliphatic carbocycles. The van der Waals surface area contributed by atoms with Crippen LogP contribution in [-0.4, -0.2) is 12.5 Å². The van der Waals surface area contributed by atoms with Gasteiger partial charge in [0, 0.05) is 12.6 Å². The van der Waals surface area contributed by atoms with Crippen LogP contribution in [0.1, 0.15) is 20.3 Å². The minimum absolute atomic E-state index is 0.121. The minimum atomic E-state index is -0.913. The first-order valence-electron chi connectivity index (χ1n) is 5.50. The van der Waals surface area contributed by atoms with Crippen LogP contribution in [0.25, 0.3) is 0 Å². The number of benzene rings is 1. The van der Waals surface area contributed by atoms with Gasteiger partial charge in [0.15, 0.2) is 5.82 Å². The predicted octanol–water partition coefficient (Wildman–Crippen LogP) is 2.93. The summed E-state index contributed by atoms with van der Waals surface area (Å²) >= 11 is 5.69. The minimum Gasteiger partial charge on any atom is -0.329 e. The summed E-state index contributed by atoms with van der Waals surface area (Å²) in [7, 11) is 0. The van der Waals surface area contributed by atoms with Crippen molar-refractivity contribution in [2.24, 2.45) is 11.1 Å². The number of hydrogen-bond donors (Lipinski definition) is 2. The average molecular weight is 277 g/mol. The molecule has 1 rings (SSSR count). The molecular weight excluding hydrogens is 262 g/mol. The maximum Gasteiger partial charge on any atom is 0.231 e. The molecule has 100 valence electrons. The molecule has 1 amide bonds. The van der Waals surface area contributed by atoms with Crippen molar-refractivity contribution in [1.82, 2.24) is 0 Å². The van der Waals surface area contributed by atoms with Crippen molar-refractivity contribution in [2.45, 2.75) is 20.3 Å². The Labute approximate surface area is 109 Å². The topological polar surface area (TPSA) is 55.1 Å². The van der Waals surface area contributed by atoms with Crippen LogP contribution < -0.4 is 11.1 Å². The Morgan fingerprint density at radius 3 is 2.56 bits per heavy atom. The van der Waals surface area contributed by atoms with Crippen LogP contribution in [0.15, 0.2) is 12.1 Å².